The Balaban J connectivity index is 2.02. The Kier molecular flexibility index (Phi) is 6.18. The Labute approximate surface area is 173 Å². The number of aryl methyl sites for hydroxylation is 2. The van der Waals surface area contributed by atoms with Crippen LogP contribution in [0.15, 0.2) is 24.3 Å². The van der Waals surface area contributed by atoms with E-state index < -0.39 is 44.9 Å². The van der Waals surface area contributed by atoms with Gasteiger partial charge in [0.05, 0.1) is 23.1 Å². The fourth-order valence-corrected chi connectivity index (χ4v) is 5.39. The number of halogens is 3. The minimum Gasteiger partial charge on any atom is -0.394 e. The van der Waals surface area contributed by atoms with Crippen molar-refractivity contribution >= 4 is 15.7 Å². The van der Waals surface area contributed by atoms with E-state index in [0.717, 1.165) is 6.07 Å². The van der Waals surface area contributed by atoms with Crippen LogP contribution in [0.2, 0.25) is 0 Å². The van der Waals surface area contributed by atoms with Gasteiger partial charge in [-0.05, 0) is 61.9 Å². The molecule has 1 aliphatic rings. The zero-order valence-electron chi connectivity index (χ0n) is 16.7. The van der Waals surface area contributed by atoms with Gasteiger partial charge in [-0.25, -0.2) is 21.6 Å². The predicted octanol–water partition coefficient (Wildman–Crippen LogP) is 3.33. The molecule has 30 heavy (non-hydrogen) atoms. The van der Waals surface area contributed by atoms with Gasteiger partial charge in [-0.3, -0.25) is 4.72 Å². The number of aliphatic hydroxyl groups is 2. The average Bonchev–Trinajstić information content (AvgIpc) is 3.45. The number of nitrogens with one attached hydrogen (secondary N) is 1. The minimum atomic E-state index is -4.09. The lowest BCUT2D eigenvalue weighted by Gasteiger charge is -2.23. The van der Waals surface area contributed by atoms with Crippen molar-refractivity contribution in [2.45, 2.75) is 50.4 Å². The molecule has 0 radical (unpaired) electrons. The standard InChI is InChI=1S/C21H24F3NO4S/c1-12-3-4-14(17(22)7-12)9-16-19(24)18(23)8-13(2)20(16)25-30(28,29)21(5-6-21)10-15(27)11-26/h3-4,7-8,15,25-27H,5-6,9-11H2,1-2H3/t15-/m0/s1. The first-order chi connectivity index (χ1) is 14.0. The highest BCUT2D eigenvalue weighted by Gasteiger charge is 2.55. The minimum absolute atomic E-state index is 0.0989. The molecule has 1 fully saturated rings. The summed E-state index contributed by atoms with van der Waals surface area (Å²) in [4.78, 5) is 0. The summed E-state index contributed by atoms with van der Waals surface area (Å²) >= 11 is 0. The van der Waals surface area contributed by atoms with Crippen LogP contribution in [0.3, 0.4) is 0 Å². The molecule has 0 unspecified atom stereocenters. The highest BCUT2D eigenvalue weighted by atomic mass is 32.2. The second kappa shape index (κ2) is 8.20. The summed E-state index contributed by atoms with van der Waals surface area (Å²) in [7, 11) is -4.09. The van der Waals surface area contributed by atoms with Gasteiger partial charge in [0.15, 0.2) is 11.6 Å². The molecule has 1 atom stereocenters. The van der Waals surface area contributed by atoms with Gasteiger partial charge >= 0.3 is 0 Å². The molecular formula is C21H24F3NO4S. The maximum absolute atomic E-state index is 14.7. The molecule has 0 aromatic heterocycles. The van der Waals surface area contributed by atoms with E-state index in [1.165, 1.54) is 19.1 Å². The highest BCUT2D eigenvalue weighted by molar-refractivity contribution is 7.94. The molecule has 0 saturated heterocycles. The molecule has 9 heteroatoms. The fraction of sp³-hybridized carbons (Fsp3) is 0.429. The van der Waals surface area contributed by atoms with Gasteiger partial charge in [0, 0.05) is 12.0 Å². The molecule has 5 nitrogen and oxygen atoms in total. The van der Waals surface area contributed by atoms with Gasteiger partial charge in [-0.2, -0.15) is 0 Å². The Morgan fingerprint density at radius 3 is 2.37 bits per heavy atom. The monoisotopic (exact) mass is 443 g/mol. The van der Waals surface area contributed by atoms with Crippen LogP contribution in [0.25, 0.3) is 0 Å². The highest BCUT2D eigenvalue weighted by Crippen LogP contribution is 2.48. The third-order valence-corrected chi connectivity index (χ3v) is 7.71. The van der Waals surface area contributed by atoms with Gasteiger partial charge in [0.1, 0.15) is 5.82 Å². The summed E-state index contributed by atoms with van der Waals surface area (Å²) in [6, 6.07) is 5.22. The van der Waals surface area contributed by atoms with Crippen molar-refractivity contribution in [2.75, 3.05) is 11.3 Å². The van der Waals surface area contributed by atoms with E-state index in [1.54, 1.807) is 13.0 Å². The quantitative estimate of drug-likeness (QED) is 0.584. The summed E-state index contributed by atoms with van der Waals surface area (Å²) in [6.45, 7) is 2.53. The molecule has 0 heterocycles. The largest absolute Gasteiger partial charge is 0.394 e. The molecule has 0 amide bonds. The van der Waals surface area contributed by atoms with Crippen molar-refractivity contribution in [1.82, 2.24) is 0 Å². The molecule has 0 spiro atoms. The van der Waals surface area contributed by atoms with Crippen molar-refractivity contribution in [3.8, 4) is 0 Å². The van der Waals surface area contributed by atoms with Gasteiger partial charge in [0.25, 0.3) is 0 Å². The smallest absolute Gasteiger partial charge is 0.238 e. The van der Waals surface area contributed by atoms with E-state index in [1.807, 2.05) is 0 Å². The van der Waals surface area contributed by atoms with E-state index in [-0.39, 0.29) is 48.1 Å². The molecule has 2 aromatic carbocycles. The number of anilines is 1. The van der Waals surface area contributed by atoms with Crippen molar-refractivity contribution < 1.29 is 31.8 Å². The maximum atomic E-state index is 14.7. The zero-order chi connectivity index (χ0) is 22.3. The predicted molar refractivity (Wildman–Crippen MR) is 107 cm³/mol. The summed E-state index contributed by atoms with van der Waals surface area (Å²) in [5, 5.41) is 18.8. The normalized spacial score (nSPS) is 16.4. The van der Waals surface area contributed by atoms with Crippen LogP contribution in [-0.2, 0) is 16.4 Å². The summed E-state index contributed by atoms with van der Waals surface area (Å²) in [6.07, 6.45) is -1.20. The molecule has 3 N–H and O–H groups in total. The number of rotatable bonds is 8. The van der Waals surface area contributed by atoms with Crippen LogP contribution in [0.1, 0.15) is 41.5 Å². The third-order valence-electron chi connectivity index (χ3n) is 5.52. The molecule has 0 aliphatic heterocycles. The zero-order valence-corrected chi connectivity index (χ0v) is 17.5. The molecule has 1 saturated carbocycles. The number of aliphatic hydroxyl groups excluding tert-OH is 2. The van der Waals surface area contributed by atoms with Crippen LogP contribution in [0, 0.1) is 31.3 Å². The first-order valence-electron chi connectivity index (χ1n) is 9.53. The second-order valence-corrected chi connectivity index (χ2v) is 10.0. The number of hydrogen-bond acceptors (Lipinski definition) is 4. The van der Waals surface area contributed by atoms with E-state index in [9.17, 15) is 26.7 Å². The van der Waals surface area contributed by atoms with Crippen molar-refractivity contribution in [1.29, 1.82) is 0 Å². The Bertz CT molecular complexity index is 1070. The van der Waals surface area contributed by atoms with Gasteiger partial charge < -0.3 is 10.2 Å². The topological polar surface area (TPSA) is 86.6 Å². The Morgan fingerprint density at radius 1 is 1.13 bits per heavy atom. The van der Waals surface area contributed by atoms with E-state index in [0.29, 0.717) is 5.56 Å². The van der Waals surface area contributed by atoms with E-state index in [4.69, 9.17) is 5.11 Å². The van der Waals surface area contributed by atoms with E-state index >= 15 is 0 Å². The van der Waals surface area contributed by atoms with Crippen LogP contribution in [0.4, 0.5) is 18.9 Å². The van der Waals surface area contributed by atoms with Crippen LogP contribution in [0.5, 0.6) is 0 Å². The number of sulfonamides is 1. The number of hydrogen-bond donors (Lipinski definition) is 3. The molecule has 164 valence electrons. The van der Waals surface area contributed by atoms with Crippen molar-refractivity contribution in [3.05, 3.63) is 64.0 Å². The molecule has 0 bridgehead atoms. The maximum Gasteiger partial charge on any atom is 0.238 e. The lowest BCUT2D eigenvalue weighted by molar-refractivity contribution is 0.0858. The lowest BCUT2D eigenvalue weighted by atomic mass is 9.98. The fourth-order valence-electron chi connectivity index (χ4n) is 3.57. The van der Waals surface area contributed by atoms with Crippen LogP contribution < -0.4 is 4.72 Å². The summed E-state index contributed by atoms with van der Waals surface area (Å²) in [5.74, 6) is -3.01. The van der Waals surface area contributed by atoms with Crippen LogP contribution >= 0.6 is 0 Å². The SMILES string of the molecule is Cc1ccc(Cc2c(F)c(F)cc(C)c2NS(=O)(=O)C2(C[C@H](O)CO)CC2)c(F)c1. The lowest BCUT2D eigenvalue weighted by Crippen LogP contribution is -2.35. The van der Waals surface area contributed by atoms with Crippen molar-refractivity contribution in [2.24, 2.45) is 0 Å². The van der Waals surface area contributed by atoms with E-state index in [2.05, 4.69) is 4.72 Å². The van der Waals surface area contributed by atoms with Gasteiger partial charge in [0.2, 0.25) is 10.0 Å². The number of benzene rings is 2. The van der Waals surface area contributed by atoms with Crippen LogP contribution in [-0.4, -0.2) is 36.1 Å². The summed E-state index contributed by atoms with van der Waals surface area (Å²) < 4.78 is 70.2. The average molecular weight is 443 g/mol. The first-order valence-corrected chi connectivity index (χ1v) is 11.0. The second-order valence-electron chi connectivity index (χ2n) is 7.94. The molecule has 1 aliphatic carbocycles. The molecular weight excluding hydrogens is 419 g/mol. The third kappa shape index (κ3) is 4.33. The molecule has 3 rings (SSSR count). The summed E-state index contributed by atoms with van der Waals surface area (Å²) in [5.41, 5.74) is 0.474. The first kappa shape index (κ1) is 22.6. The Hall–Kier alpha value is -2.10. The van der Waals surface area contributed by atoms with Gasteiger partial charge in [-0.1, -0.05) is 12.1 Å². The molecule has 2 aromatic rings. The Morgan fingerprint density at radius 2 is 1.80 bits per heavy atom. The van der Waals surface area contributed by atoms with Gasteiger partial charge in [-0.15, -0.1) is 0 Å². The van der Waals surface area contributed by atoms with Crippen molar-refractivity contribution in [3.63, 3.8) is 0 Å².